The van der Waals surface area contributed by atoms with Crippen LogP contribution in [0.5, 0.6) is 0 Å². The zero-order valence-electron chi connectivity index (χ0n) is 9.56. The molecule has 5 heteroatoms. The fraction of sp³-hybridized carbons (Fsp3) is 0.250. The van der Waals surface area contributed by atoms with E-state index in [1.165, 1.54) is 10.7 Å². The minimum atomic E-state index is -0.325. The number of benzene rings is 1. The molecule has 0 unspecified atom stereocenters. The Balaban J connectivity index is 2.34. The van der Waals surface area contributed by atoms with E-state index in [4.69, 9.17) is 5.73 Å². The SMILES string of the molecule is CCCSc1cnn(-c2ccccc2F)c1N. The zero-order valence-corrected chi connectivity index (χ0v) is 10.4. The number of rotatable bonds is 4. The highest BCUT2D eigenvalue weighted by Crippen LogP contribution is 2.27. The number of aromatic nitrogens is 2. The van der Waals surface area contributed by atoms with Gasteiger partial charge in [0.15, 0.2) is 0 Å². The van der Waals surface area contributed by atoms with Gasteiger partial charge in [-0.3, -0.25) is 0 Å². The first-order valence-electron chi connectivity index (χ1n) is 5.45. The van der Waals surface area contributed by atoms with Crippen molar-refractivity contribution >= 4 is 17.6 Å². The van der Waals surface area contributed by atoms with Crippen molar-refractivity contribution in [2.24, 2.45) is 0 Å². The minimum absolute atomic E-state index is 0.325. The van der Waals surface area contributed by atoms with E-state index in [1.807, 2.05) is 0 Å². The van der Waals surface area contributed by atoms with Gasteiger partial charge >= 0.3 is 0 Å². The Bertz CT molecular complexity index is 510. The number of hydrogen-bond donors (Lipinski definition) is 1. The fourth-order valence-electron chi connectivity index (χ4n) is 1.48. The third kappa shape index (κ3) is 2.44. The van der Waals surface area contributed by atoms with Gasteiger partial charge in [0.25, 0.3) is 0 Å². The lowest BCUT2D eigenvalue weighted by Gasteiger charge is -2.05. The van der Waals surface area contributed by atoms with Crippen molar-refractivity contribution in [1.29, 1.82) is 0 Å². The van der Waals surface area contributed by atoms with E-state index < -0.39 is 0 Å². The van der Waals surface area contributed by atoms with Crippen LogP contribution in [-0.4, -0.2) is 15.5 Å². The molecule has 0 aliphatic heterocycles. The van der Waals surface area contributed by atoms with Crippen LogP contribution in [0.2, 0.25) is 0 Å². The van der Waals surface area contributed by atoms with Gasteiger partial charge in [0.05, 0.1) is 11.1 Å². The zero-order chi connectivity index (χ0) is 12.3. The minimum Gasteiger partial charge on any atom is -0.383 e. The average molecular weight is 251 g/mol. The number of halogens is 1. The maximum Gasteiger partial charge on any atom is 0.148 e. The molecule has 1 heterocycles. The number of anilines is 1. The molecule has 0 spiro atoms. The van der Waals surface area contributed by atoms with E-state index in [9.17, 15) is 4.39 Å². The van der Waals surface area contributed by atoms with Crippen molar-refractivity contribution in [3.63, 3.8) is 0 Å². The topological polar surface area (TPSA) is 43.8 Å². The monoisotopic (exact) mass is 251 g/mol. The van der Waals surface area contributed by atoms with E-state index in [2.05, 4.69) is 12.0 Å². The summed E-state index contributed by atoms with van der Waals surface area (Å²) in [6.07, 6.45) is 2.75. The lowest BCUT2D eigenvalue weighted by molar-refractivity contribution is 0.612. The molecular formula is C12H14FN3S. The summed E-state index contributed by atoms with van der Waals surface area (Å²) >= 11 is 1.64. The normalized spacial score (nSPS) is 10.7. The molecule has 0 saturated carbocycles. The van der Waals surface area contributed by atoms with Gasteiger partial charge in [-0.1, -0.05) is 19.1 Å². The Labute approximate surface area is 104 Å². The smallest absolute Gasteiger partial charge is 0.148 e. The highest BCUT2D eigenvalue weighted by Gasteiger charge is 2.11. The van der Waals surface area contributed by atoms with E-state index in [1.54, 1.807) is 36.2 Å². The van der Waals surface area contributed by atoms with Crippen LogP contribution in [0.3, 0.4) is 0 Å². The van der Waals surface area contributed by atoms with Crippen molar-refractivity contribution in [2.45, 2.75) is 18.2 Å². The fourth-order valence-corrected chi connectivity index (χ4v) is 2.26. The lowest BCUT2D eigenvalue weighted by Crippen LogP contribution is -2.04. The summed E-state index contributed by atoms with van der Waals surface area (Å²) in [7, 11) is 0. The van der Waals surface area contributed by atoms with Crippen molar-refractivity contribution in [2.75, 3.05) is 11.5 Å². The van der Waals surface area contributed by atoms with Gasteiger partial charge in [-0.05, 0) is 24.3 Å². The molecular weight excluding hydrogens is 237 g/mol. The Hall–Kier alpha value is -1.49. The van der Waals surface area contributed by atoms with Crippen LogP contribution in [-0.2, 0) is 0 Å². The molecule has 3 nitrogen and oxygen atoms in total. The largest absolute Gasteiger partial charge is 0.383 e. The predicted molar refractivity (Wildman–Crippen MR) is 68.9 cm³/mol. The second kappa shape index (κ2) is 5.23. The highest BCUT2D eigenvalue weighted by atomic mass is 32.2. The Morgan fingerprint density at radius 2 is 2.18 bits per heavy atom. The summed E-state index contributed by atoms with van der Waals surface area (Å²) in [5.41, 5.74) is 6.34. The van der Waals surface area contributed by atoms with Crippen LogP contribution in [0.15, 0.2) is 35.4 Å². The van der Waals surface area contributed by atoms with Gasteiger partial charge in [0, 0.05) is 0 Å². The van der Waals surface area contributed by atoms with Gasteiger partial charge < -0.3 is 5.73 Å². The molecule has 1 aromatic carbocycles. The van der Waals surface area contributed by atoms with E-state index in [0.717, 1.165) is 17.1 Å². The van der Waals surface area contributed by atoms with Crippen LogP contribution >= 0.6 is 11.8 Å². The molecule has 0 saturated heterocycles. The molecule has 0 amide bonds. The van der Waals surface area contributed by atoms with Gasteiger partial charge in [0.1, 0.15) is 17.3 Å². The van der Waals surface area contributed by atoms with Crippen molar-refractivity contribution in [3.8, 4) is 5.69 Å². The molecule has 0 bridgehead atoms. The van der Waals surface area contributed by atoms with Crippen LogP contribution < -0.4 is 5.73 Å². The Morgan fingerprint density at radius 1 is 1.41 bits per heavy atom. The second-order valence-electron chi connectivity index (χ2n) is 3.61. The van der Waals surface area contributed by atoms with Crippen molar-refractivity contribution < 1.29 is 4.39 Å². The standard InChI is InChI=1S/C12H14FN3S/c1-2-7-17-11-8-15-16(12(11)14)10-6-4-3-5-9(10)13/h3-6,8H,2,7,14H2,1H3. The van der Waals surface area contributed by atoms with E-state index >= 15 is 0 Å². The van der Waals surface area contributed by atoms with Gasteiger partial charge in [0.2, 0.25) is 0 Å². The van der Waals surface area contributed by atoms with Gasteiger partial charge in [-0.25, -0.2) is 9.07 Å². The van der Waals surface area contributed by atoms with Crippen LogP contribution in [0.25, 0.3) is 5.69 Å². The van der Waals surface area contributed by atoms with E-state index in [-0.39, 0.29) is 5.82 Å². The summed E-state index contributed by atoms with van der Waals surface area (Å²) < 4.78 is 15.0. The molecule has 0 atom stereocenters. The molecule has 0 aliphatic rings. The third-order valence-corrected chi connectivity index (χ3v) is 3.55. The first kappa shape index (κ1) is 12.0. The number of nitrogen functional groups attached to an aromatic ring is 1. The summed E-state index contributed by atoms with van der Waals surface area (Å²) in [5, 5.41) is 4.13. The molecule has 2 aromatic rings. The summed E-state index contributed by atoms with van der Waals surface area (Å²) in [6, 6.07) is 6.46. The summed E-state index contributed by atoms with van der Waals surface area (Å²) in [4.78, 5) is 0.898. The third-order valence-electron chi connectivity index (χ3n) is 2.31. The van der Waals surface area contributed by atoms with Gasteiger partial charge in [-0.2, -0.15) is 5.10 Å². The summed E-state index contributed by atoms with van der Waals surface area (Å²) in [5.74, 6) is 1.15. The maximum absolute atomic E-state index is 13.6. The second-order valence-corrected chi connectivity index (χ2v) is 4.74. The van der Waals surface area contributed by atoms with Crippen molar-refractivity contribution in [3.05, 3.63) is 36.3 Å². The Kier molecular flexibility index (Phi) is 3.68. The predicted octanol–water partition coefficient (Wildman–Crippen LogP) is 3.10. The first-order chi connectivity index (χ1) is 8.24. The molecule has 0 fully saturated rings. The molecule has 0 aliphatic carbocycles. The molecule has 90 valence electrons. The first-order valence-corrected chi connectivity index (χ1v) is 6.43. The quantitative estimate of drug-likeness (QED) is 0.849. The van der Waals surface area contributed by atoms with Crippen LogP contribution in [0.1, 0.15) is 13.3 Å². The maximum atomic E-state index is 13.6. The van der Waals surface area contributed by atoms with Crippen molar-refractivity contribution in [1.82, 2.24) is 9.78 Å². The lowest BCUT2D eigenvalue weighted by atomic mass is 10.3. The highest BCUT2D eigenvalue weighted by molar-refractivity contribution is 7.99. The Morgan fingerprint density at radius 3 is 2.88 bits per heavy atom. The number of thioether (sulfide) groups is 1. The van der Waals surface area contributed by atoms with Crippen LogP contribution in [0, 0.1) is 5.82 Å². The number of nitrogens with zero attached hydrogens (tertiary/aromatic N) is 2. The number of para-hydroxylation sites is 1. The molecule has 0 radical (unpaired) electrons. The van der Waals surface area contributed by atoms with E-state index in [0.29, 0.717) is 11.5 Å². The average Bonchev–Trinajstić information content (AvgIpc) is 2.69. The number of nitrogens with two attached hydrogens (primary N) is 1. The molecule has 1 aromatic heterocycles. The van der Waals surface area contributed by atoms with Crippen LogP contribution in [0.4, 0.5) is 10.2 Å². The molecule has 2 rings (SSSR count). The summed E-state index contributed by atoms with van der Waals surface area (Å²) in [6.45, 7) is 2.10. The number of hydrogen-bond acceptors (Lipinski definition) is 3. The molecule has 17 heavy (non-hydrogen) atoms. The molecule has 2 N–H and O–H groups in total. The van der Waals surface area contributed by atoms with Gasteiger partial charge in [-0.15, -0.1) is 11.8 Å².